The highest BCUT2D eigenvalue weighted by Gasteiger charge is 2.21. The molecule has 132 valence electrons. The monoisotopic (exact) mass is 338 g/mol. The third kappa shape index (κ3) is 4.79. The Balaban J connectivity index is 1.61. The van der Waals surface area contributed by atoms with Crippen LogP contribution in [0.3, 0.4) is 0 Å². The number of benzene rings is 2. The Morgan fingerprint density at radius 1 is 0.920 bits per heavy atom. The van der Waals surface area contributed by atoms with Gasteiger partial charge in [0.25, 0.3) is 0 Å². The van der Waals surface area contributed by atoms with Crippen LogP contribution in [0.2, 0.25) is 0 Å². The largest absolute Gasteiger partial charge is 0.380 e. The van der Waals surface area contributed by atoms with E-state index in [2.05, 4.69) is 48.5 Å². The van der Waals surface area contributed by atoms with E-state index in [1.807, 2.05) is 0 Å². The number of rotatable bonds is 6. The molecule has 2 aromatic carbocycles. The van der Waals surface area contributed by atoms with E-state index < -0.39 is 0 Å². The molecule has 0 aromatic heterocycles. The maximum absolute atomic E-state index is 12.1. The molecular formula is C23H27FO. The van der Waals surface area contributed by atoms with Crippen LogP contribution in [-0.4, -0.2) is 7.11 Å². The lowest BCUT2D eigenvalue weighted by molar-refractivity contribution is 0.185. The van der Waals surface area contributed by atoms with Crippen LogP contribution < -0.4 is 0 Å². The normalized spacial score (nSPS) is 20.9. The van der Waals surface area contributed by atoms with Crippen LogP contribution in [0.4, 0.5) is 4.39 Å². The van der Waals surface area contributed by atoms with E-state index in [0.717, 1.165) is 6.42 Å². The summed E-state index contributed by atoms with van der Waals surface area (Å²) in [6.45, 7) is 0.656. The number of halogens is 1. The van der Waals surface area contributed by atoms with E-state index in [9.17, 15) is 4.39 Å². The standard InChI is InChI=1S/C23H27FO/c1-25-17-19-6-10-21(11-7-19)23-14-12-22(13-15-23)20-8-4-18(5-9-20)3-2-16-24/h2,6-7,10-16,18,20H,3-5,8-9,17H2,1H3. The van der Waals surface area contributed by atoms with Gasteiger partial charge >= 0.3 is 0 Å². The van der Waals surface area contributed by atoms with Gasteiger partial charge in [-0.2, -0.15) is 0 Å². The minimum atomic E-state index is 0.656. The molecule has 0 unspecified atom stereocenters. The van der Waals surface area contributed by atoms with Crippen LogP contribution in [-0.2, 0) is 11.3 Å². The number of methoxy groups -OCH3 is 1. The predicted molar refractivity (Wildman–Crippen MR) is 102 cm³/mol. The van der Waals surface area contributed by atoms with Gasteiger partial charge in [0, 0.05) is 7.11 Å². The second-order valence-electron chi connectivity index (χ2n) is 7.07. The van der Waals surface area contributed by atoms with Crippen LogP contribution in [0.15, 0.2) is 60.9 Å². The van der Waals surface area contributed by atoms with Gasteiger partial charge in [0.15, 0.2) is 0 Å². The molecule has 0 N–H and O–H groups in total. The SMILES string of the molecule is COCc1ccc(-c2ccc(C3CCC(CC=CF)CC3)cc2)cc1. The fourth-order valence-electron chi connectivity index (χ4n) is 3.88. The maximum atomic E-state index is 12.1. The highest BCUT2D eigenvalue weighted by atomic mass is 19.1. The Hall–Kier alpha value is -1.93. The average Bonchev–Trinajstić information content (AvgIpc) is 2.68. The second kappa shape index (κ2) is 8.96. The van der Waals surface area contributed by atoms with Gasteiger partial charge < -0.3 is 4.74 Å². The van der Waals surface area contributed by atoms with Gasteiger partial charge in [-0.15, -0.1) is 0 Å². The molecule has 1 fully saturated rings. The highest BCUT2D eigenvalue weighted by Crippen LogP contribution is 2.37. The Labute approximate surface area is 150 Å². The first kappa shape index (κ1) is 17.9. The summed E-state index contributed by atoms with van der Waals surface area (Å²) in [7, 11) is 1.72. The molecule has 2 aromatic rings. The van der Waals surface area contributed by atoms with Crippen molar-refractivity contribution < 1.29 is 9.13 Å². The number of ether oxygens (including phenoxy) is 1. The number of allylic oxidation sites excluding steroid dienone is 1. The van der Waals surface area contributed by atoms with Gasteiger partial charge in [-0.3, -0.25) is 0 Å². The fraction of sp³-hybridized carbons (Fsp3) is 0.391. The maximum Gasteiger partial charge on any atom is 0.0827 e. The third-order valence-corrected chi connectivity index (χ3v) is 5.39. The smallest absolute Gasteiger partial charge is 0.0827 e. The van der Waals surface area contributed by atoms with E-state index in [4.69, 9.17) is 4.74 Å². The molecule has 1 saturated carbocycles. The molecule has 0 saturated heterocycles. The third-order valence-electron chi connectivity index (χ3n) is 5.39. The molecule has 2 heteroatoms. The lowest BCUT2D eigenvalue weighted by Crippen LogP contribution is -2.12. The molecule has 25 heavy (non-hydrogen) atoms. The van der Waals surface area contributed by atoms with Crippen LogP contribution in [0.25, 0.3) is 11.1 Å². The first-order valence-corrected chi connectivity index (χ1v) is 9.23. The zero-order chi connectivity index (χ0) is 17.5. The van der Waals surface area contributed by atoms with Gasteiger partial charge in [-0.1, -0.05) is 54.6 Å². The summed E-state index contributed by atoms with van der Waals surface area (Å²) >= 11 is 0. The molecule has 0 heterocycles. The first-order chi connectivity index (χ1) is 12.3. The Morgan fingerprint density at radius 3 is 2.08 bits per heavy atom. The zero-order valence-corrected chi connectivity index (χ0v) is 15.0. The van der Waals surface area contributed by atoms with Crippen LogP contribution in [0.1, 0.15) is 49.1 Å². The van der Waals surface area contributed by atoms with Crippen LogP contribution in [0, 0.1) is 5.92 Å². The molecule has 0 amide bonds. The van der Waals surface area contributed by atoms with Crippen molar-refractivity contribution in [2.45, 2.75) is 44.6 Å². The topological polar surface area (TPSA) is 9.23 Å². The van der Waals surface area contributed by atoms with Crippen molar-refractivity contribution in [1.29, 1.82) is 0 Å². The summed E-state index contributed by atoms with van der Waals surface area (Å²) in [4.78, 5) is 0. The van der Waals surface area contributed by atoms with E-state index in [1.54, 1.807) is 13.2 Å². The lowest BCUT2D eigenvalue weighted by Gasteiger charge is -2.28. The van der Waals surface area contributed by atoms with E-state index in [-0.39, 0.29) is 0 Å². The molecule has 0 bridgehead atoms. The lowest BCUT2D eigenvalue weighted by atomic mass is 9.77. The second-order valence-corrected chi connectivity index (χ2v) is 7.07. The molecular weight excluding hydrogens is 311 g/mol. The van der Waals surface area contributed by atoms with Crippen molar-refractivity contribution in [1.82, 2.24) is 0 Å². The van der Waals surface area contributed by atoms with Crippen LogP contribution in [0.5, 0.6) is 0 Å². The van der Waals surface area contributed by atoms with Gasteiger partial charge in [-0.25, -0.2) is 4.39 Å². The predicted octanol–water partition coefficient (Wildman–Crippen LogP) is 6.65. The van der Waals surface area contributed by atoms with Crippen molar-refractivity contribution in [3.05, 3.63) is 72.1 Å². The van der Waals surface area contributed by atoms with Gasteiger partial charge in [0.1, 0.15) is 0 Å². The quantitative estimate of drug-likeness (QED) is 0.573. The zero-order valence-electron chi connectivity index (χ0n) is 15.0. The molecule has 0 spiro atoms. The molecule has 0 radical (unpaired) electrons. The minimum absolute atomic E-state index is 0.656. The molecule has 1 aliphatic rings. The van der Waals surface area contributed by atoms with Crippen molar-refractivity contribution in [2.75, 3.05) is 7.11 Å². The number of hydrogen-bond acceptors (Lipinski definition) is 1. The summed E-state index contributed by atoms with van der Waals surface area (Å²) in [6.07, 6.45) is 8.09. The van der Waals surface area contributed by atoms with Crippen molar-refractivity contribution >= 4 is 0 Å². The van der Waals surface area contributed by atoms with Crippen molar-refractivity contribution in [2.24, 2.45) is 5.92 Å². The summed E-state index contributed by atoms with van der Waals surface area (Å²) in [5.41, 5.74) is 5.14. The summed E-state index contributed by atoms with van der Waals surface area (Å²) in [5, 5.41) is 0. The molecule has 0 atom stereocenters. The van der Waals surface area contributed by atoms with Crippen molar-refractivity contribution in [3.63, 3.8) is 0 Å². The number of hydrogen-bond donors (Lipinski definition) is 0. The van der Waals surface area contributed by atoms with Gasteiger partial charge in [-0.05, 0) is 66.2 Å². The fourth-order valence-corrected chi connectivity index (χ4v) is 3.88. The van der Waals surface area contributed by atoms with Gasteiger partial charge in [0.05, 0.1) is 12.9 Å². The Morgan fingerprint density at radius 2 is 1.52 bits per heavy atom. The summed E-state index contributed by atoms with van der Waals surface area (Å²) < 4.78 is 17.3. The average molecular weight is 338 g/mol. The highest BCUT2D eigenvalue weighted by molar-refractivity contribution is 5.64. The van der Waals surface area contributed by atoms with E-state index in [0.29, 0.717) is 24.8 Å². The van der Waals surface area contributed by atoms with Crippen LogP contribution >= 0.6 is 0 Å². The summed E-state index contributed by atoms with van der Waals surface area (Å²) in [5.74, 6) is 1.32. The molecule has 1 aliphatic carbocycles. The van der Waals surface area contributed by atoms with Gasteiger partial charge in [0.2, 0.25) is 0 Å². The first-order valence-electron chi connectivity index (χ1n) is 9.23. The van der Waals surface area contributed by atoms with Crippen molar-refractivity contribution in [3.8, 4) is 11.1 Å². The Bertz CT molecular complexity index is 664. The summed E-state index contributed by atoms with van der Waals surface area (Å²) in [6, 6.07) is 17.6. The Kier molecular flexibility index (Phi) is 6.41. The molecule has 0 aliphatic heterocycles. The molecule has 3 rings (SSSR count). The van der Waals surface area contributed by atoms with E-state index in [1.165, 1.54) is 47.9 Å². The molecule has 1 nitrogen and oxygen atoms in total. The van der Waals surface area contributed by atoms with E-state index >= 15 is 0 Å². The minimum Gasteiger partial charge on any atom is -0.380 e.